The summed E-state index contributed by atoms with van der Waals surface area (Å²) >= 11 is 0. The van der Waals surface area contributed by atoms with Gasteiger partial charge in [0.15, 0.2) is 5.78 Å². The van der Waals surface area contributed by atoms with Crippen LogP contribution in [-0.2, 0) is 4.79 Å². The Labute approximate surface area is 72.5 Å². The molecule has 0 aromatic rings. The zero-order chi connectivity index (χ0) is 8.39. The SMILES string of the molecule is O=C1C=CC2CC=CCC2C=C1. The number of ketones is 1. The summed E-state index contributed by atoms with van der Waals surface area (Å²) in [5.41, 5.74) is 0. The van der Waals surface area contributed by atoms with Crippen LogP contribution in [0.5, 0.6) is 0 Å². The molecule has 2 atom stereocenters. The van der Waals surface area contributed by atoms with E-state index in [4.69, 9.17) is 0 Å². The van der Waals surface area contributed by atoms with Gasteiger partial charge >= 0.3 is 0 Å². The highest BCUT2D eigenvalue weighted by atomic mass is 16.1. The van der Waals surface area contributed by atoms with E-state index in [1.54, 1.807) is 12.2 Å². The predicted octanol–water partition coefficient (Wildman–Crippen LogP) is 2.26. The lowest BCUT2D eigenvalue weighted by Crippen LogP contribution is -2.11. The van der Waals surface area contributed by atoms with Crippen LogP contribution < -0.4 is 0 Å². The van der Waals surface area contributed by atoms with E-state index in [0.29, 0.717) is 11.8 Å². The third-order valence-electron chi connectivity index (χ3n) is 2.55. The lowest BCUT2D eigenvalue weighted by molar-refractivity contribution is -0.110. The second-order valence-electron chi connectivity index (χ2n) is 3.39. The molecular formula is C11H12O. The third-order valence-corrected chi connectivity index (χ3v) is 2.55. The predicted molar refractivity (Wildman–Crippen MR) is 48.6 cm³/mol. The van der Waals surface area contributed by atoms with Crippen LogP contribution in [0.4, 0.5) is 0 Å². The number of hydrogen-bond acceptors (Lipinski definition) is 1. The van der Waals surface area contributed by atoms with Gasteiger partial charge in [-0.1, -0.05) is 24.3 Å². The largest absolute Gasteiger partial charge is 0.290 e. The highest BCUT2D eigenvalue weighted by Crippen LogP contribution is 2.28. The van der Waals surface area contributed by atoms with Gasteiger partial charge in [-0.2, -0.15) is 0 Å². The molecule has 0 heterocycles. The van der Waals surface area contributed by atoms with E-state index in [2.05, 4.69) is 24.3 Å². The minimum atomic E-state index is 0.129. The van der Waals surface area contributed by atoms with E-state index in [9.17, 15) is 4.79 Å². The van der Waals surface area contributed by atoms with Gasteiger partial charge in [0.25, 0.3) is 0 Å². The average Bonchev–Trinajstić information content (AvgIpc) is 2.29. The first-order valence-corrected chi connectivity index (χ1v) is 4.41. The Morgan fingerprint density at radius 1 is 1.00 bits per heavy atom. The van der Waals surface area contributed by atoms with Gasteiger partial charge in [-0.25, -0.2) is 0 Å². The van der Waals surface area contributed by atoms with Gasteiger partial charge < -0.3 is 0 Å². The molecule has 0 aromatic heterocycles. The zero-order valence-electron chi connectivity index (χ0n) is 6.94. The first-order valence-electron chi connectivity index (χ1n) is 4.41. The molecule has 2 unspecified atom stereocenters. The minimum absolute atomic E-state index is 0.129. The lowest BCUT2D eigenvalue weighted by Gasteiger charge is -2.21. The Kier molecular flexibility index (Phi) is 1.94. The summed E-state index contributed by atoms with van der Waals surface area (Å²) in [7, 11) is 0. The van der Waals surface area contributed by atoms with Crippen LogP contribution in [0.2, 0.25) is 0 Å². The average molecular weight is 160 g/mol. The van der Waals surface area contributed by atoms with Gasteiger partial charge in [-0.15, -0.1) is 0 Å². The Balaban J connectivity index is 2.24. The number of carbonyl (C=O) groups excluding carboxylic acids is 1. The maximum Gasteiger partial charge on any atom is 0.178 e. The van der Waals surface area contributed by atoms with Gasteiger partial charge in [0.2, 0.25) is 0 Å². The molecule has 1 heteroatoms. The van der Waals surface area contributed by atoms with Gasteiger partial charge in [-0.05, 0) is 36.8 Å². The van der Waals surface area contributed by atoms with Crippen LogP contribution >= 0.6 is 0 Å². The van der Waals surface area contributed by atoms with Crippen molar-refractivity contribution in [1.82, 2.24) is 0 Å². The summed E-state index contributed by atoms with van der Waals surface area (Å²) in [6, 6.07) is 0. The number of rotatable bonds is 0. The van der Waals surface area contributed by atoms with E-state index in [1.165, 1.54) is 0 Å². The fourth-order valence-corrected chi connectivity index (χ4v) is 1.79. The maximum atomic E-state index is 11.0. The molecule has 0 radical (unpaired) electrons. The molecule has 0 bridgehead atoms. The van der Waals surface area contributed by atoms with Crippen molar-refractivity contribution >= 4 is 5.78 Å². The Hall–Kier alpha value is -1.11. The van der Waals surface area contributed by atoms with Crippen molar-refractivity contribution in [3.63, 3.8) is 0 Å². The van der Waals surface area contributed by atoms with Crippen molar-refractivity contribution in [3.05, 3.63) is 36.5 Å². The van der Waals surface area contributed by atoms with E-state index in [1.807, 2.05) is 0 Å². The zero-order valence-corrected chi connectivity index (χ0v) is 6.94. The molecule has 0 spiro atoms. The highest BCUT2D eigenvalue weighted by molar-refractivity contribution is 5.99. The van der Waals surface area contributed by atoms with Crippen molar-refractivity contribution in [2.45, 2.75) is 12.8 Å². The van der Waals surface area contributed by atoms with Crippen molar-refractivity contribution < 1.29 is 4.79 Å². The molecule has 0 N–H and O–H groups in total. The fourth-order valence-electron chi connectivity index (χ4n) is 1.79. The summed E-state index contributed by atoms with van der Waals surface area (Å²) < 4.78 is 0. The molecule has 0 aliphatic heterocycles. The first kappa shape index (κ1) is 7.53. The smallest absolute Gasteiger partial charge is 0.178 e. The normalized spacial score (nSPS) is 33.2. The molecule has 62 valence electrons. The highest BCUT2D eigenvalue weighted by Gasteiger charge is 2.19. The molecule has 0 fully saturated rings. The number of carbonyl (C=O) groups is 1. The molecule has 2 aliphatic carbocycles. The topological polar surface area (TPSA) is 17.1 Å². The summed E-state index contributed by atoms with van der Waals surface area (Å²) in [6.07, 6.45) is 14.1. The summed E-state index contributed by atoms with van der Waals surface area (Å²) in [5.74, 6) is 1.24. The van der Waals surface area contributed by atoms with Crippen molar-refractivity contribution in [3.8, 4) is 0 Å². The van der Waals surface area contributed by atoms with Gasteiger partial charge in [0, 0.05) is 0 Å². The molecule has 0 saturated carbocycles. The second kappa shape index (κ2) is 3.10. The molecule has 2 rings (SSSR count). The van der Waals surface area contributed by atoms with Crippen molar-refractivity contribution in [2.75, 3.05) is 0 Å². The van der Waals surface area contributed by atoms with Gasteiger partial charge in [-0.3, -0.25) is 4.79 Å². The van der Waals surface area contributed by atoms with Crippen molar-refractivity contribution in [1.29, 1.82) is 0 Å². The molecule has 2 aliphatic rings. The van der Waals surface area contributed by atoms with Crippen LogP contribution in [0.15, 0.2) is 36.5 Å². The maximum absolute atomic E-state index is 11.0. The summed E-state index contributed by atoms with van der Waals surface area (Å²) in [6.45, 7) is 0. The number of hydrogen-bond donors (Lipinski definition) is 0. The van der Waals surface area contributed by atoms with Gasteiger partial charge in [0.1, 0.15) is 0 Å². The Morgan fingerprint density at radius 2 is 1.50 bits per heavy atom. The lowest BCUT2D eigenvalue weighted by atomic mass is 9.83. The second-order valence-corrected chi connectivity index (χ2v) is 3.39. The fraction of sp³-hybridized carbons (Fsp3) is 0.364. The first-order chi connectivity index (χ1) is 5.86. The molecule has 12 heavy (non-hydrogen) atoms. The van der Waals surface area contributed by atoms with E-state index in [-0.39, 0.29) is 5.78 Å². The van der Waals surface area contributed by atoms with Crippen LogP contribution in [0, 0.1) is 11.8 Å². The standard InChI is InChI=1S/C11H12O/c12-11-7-5-9-3-1-2-4-10(9)6-8-11/h1-2,5-10H,3-4H2. The van der Waals surface area contributed by atoms with Crippen LogP contribution in [0.1, 0.15) is 12.8 Å². The van der Waals surface area contributed by atoms with E-state index in [0.717, 1.165) is 12.8 Å². The summed E-state index contributed by atoms with van der Waals surface area (Å²) in [5, 5.41) is 0. The monoisotopic (exact) mass is 160 g/mol. The van der Waals surface area contributed by atoms with Crippen LogP contribution in [-0.4, -0.2) is 5.78 Å². The number of allylic oxidation sites excluding steroid dienone is 6. The molecule has 0 saturated heterocycles. The Morgan fingerprint density at radius 3 is 2.00 bits per heavy atom. The molecule has 0 amide bonds. The van der Waals surface area contributed by atoms with E-state index < -0.39 is 0 Å². The molecule has 1 nitrogen and oxygen atoms in total. The summed E-state index contributed by atoms with van der Waals surface area (Å²) in [4.78, 5) is 11.0. The molecule has 0 aromatic carbocycles. The van der Waals surface area contributed by atoms with Crippen LogP contribution in [0.3, 0.4) is 0 Å². The van der Waals surface area contributed by atoms with Gasteiger partial charge in [0.05, 0.1) is 0 Å². The Bertz CT molecular complexity index is 245. The number of fused-ring (bicyclic) bond motifs is 1. The van der Waals surface area contributed by atoms with Crippen LogP contribution in [0.25, 0.3) is 0 Å². The quantitative estimate of drug-likeness (QED) is 0.497. The van der Waals surface area contributed by atoms with Crippen molar-refractivity contribution in [2.24, 2.45) is 11.8 Å². The molecular weight excluding hydrogens is 148 g/mol. The third kappa shape index (κ3) is 1.40. The minimum Gasteiger partial charge on any atom is -0.290 e. The van der Waals surface area contributed by atoms with E-state index >= 15 is 0 Å².